The molecular formula is C15H12BrFN4. The minimum atomic E-state index is -0.341. The third-order valence-corrected chi connectivity index (χ3v) is 3.74. The zero-order valence-corrected chi connectivity index (χ0v) is 12.8. The van der Waals surface area contributed by atoms with Crippen LogP contribution in [0.3, 0.4) is 0 Å². The highest BCUT2D eigenvalue weighted by atomic mass is 79.9. The molecule has 2 heterocycles. The molecule has 1 aromatic carbocycles. The monoisotopic (exact) mass is 346 g/mol. The number of hydrogen-bond donors (Lipinski definition) is 1. The van der Waals surface area contributed by atoms with Crippen molar-refractivity contribution in [3.8, 4) is 22.4 Å². The van der Waals surface area contributed by atoms with Crippen molar-refractivity contribution in [2.45, 2.75) is 0 Å². The smallest absolute Gasteiger partial charge is 0.132 e. The summed E-state index contributed by atoms with van der Waals surface area (Å²) in [4.78, 5) is 3.99. The Balaban J connectivity index is 2.29. The summed E-state index contributed by atoms with van der Waals surface area (Å²) in [5.74, 6) is 0.141. The van der Waals surface area contributed by atoms with Gasteiger partial charge in [0.2, 0.25) is 0 Å². The molecule has 3 rings (SSSR count). The van der Waals surface area contributed by atoms with Crippen LogP contribution in [0.15, 0.2) is 47.2 Å². The Morgan fingerprint density at radius 1 is 1.19 bits per heavy atom. The molecule has 0 aliphatic rings. The van der Waals surface area contributed by atoms with E-state index in [4.69, 9.17) is 5.73 Å². The maximum atomic E-state index is 14.2. The van der Waals surface area contributed by atoms with E-state index in [9.17, 15) is 4.39 Å². The molecule has 6 heteroatoms. The second-order valence-corrected chi connectivity index (χ2v) is 5.51. The lowest BCUT2D eigenvalue weighted by Crippen LogP contribution is -1.97. The number of benzene rings is 1. The fourth-order valence-electron chi connectivity index (χ4n) is 2.21. The van der Waals surface area contributed by atoms with E-state index in [1.807, 2.05) is 12.1 Å². The molecule has 2 aromatic heterocycles. The van der Waals surface area contributed by atoms with Gasteiger partial charge in [0.25, 0.3) is 0 Å². The van der Waals surface area contributed by atoms with Crippen LogP contribution in [0.25, 0.3) is 22.4 Å². The predicted molar refractivity (Wildman–Crippen MR) is 83.9 cm³/mol. The molecule has 0 radical (unpaired) electrons. The van der Waals surface area contributed by atoms with Crippen molar-refractivity contribution in [2.24, 2.45) is 7.05 Å². The zero-order valence-electron chi connectivity index (χ0n) is 11.2. The predicted octanol–water partition coefficient (Wildman–Crippen LogP) is 3.63. The Morgan fingerprint density at radius 3 is 2.62 bits per heavy atom. The molecule has 0 fully saturated rings. The van der Waals surface area contributed by atoms with Crippen LogP contribution in [-0.4, -0.2) is 14.8 Å². The minimum absolute atomic E-state index is 0.341. The summed E-state index contributed by atoms with van der Waals surface area (Å²) in [7, 11) is 1.74. The topological polar surface area (TPSA) is 56.7 Å². The molecule has 4 nitrogen and oxygen atoms in total. The van der Waals surface area contributed by atoms with Crippen LogP contribution in [0, 0.1) is 5.82 Å². The molecule has 0 spiro atoms. The van der Waals surface area contributed by atoms with Crippen LogP contribution < -0.4 is 5.73 Å². The van der Waals surface area contributed by atoms with Gasteiger partial charge in [-0.25, -0.2) is 4.39 Å². The molecule has 0 saturated heterocycles. The summed E-state index contributed by atoms with van der Waals surface area (Å²) in [5, 5.41) is 4.37. The van der Waals surface area contributed by atoms with E-state index >= 15 is 0 Å². The first-order valence-corrected chi connectivity index (χ1v) is 7.05. The molecule has 3 aromatic rings. The highest BCUT2D eigenvalue weighted by Gasteiger charge is 2.20. The minimum Gasteiger partial charge on any atom is -0.383 e. The van der Waals surface area contributed by atoms with Crippen LogP contribution in [0.1, 0.15) is 0 Å². The second-order valence-electron chi connectivity index (χ2n) is 4.59. The van der Waals surface area contributed by atoms with Crippen LogP contribution in [-0.2, 0) is 7.05 Å². The third-order valence-electron chi connectivity index (χ3n) is 3.24. The number of nitrogen functional groups attached to an aromatic ring is 1. The number of aromatic nitrogens is 3. The summed E-state index contributed by atoms with van der Waals surface area (Å²) in [6, 6.07) is 8.40. The van der Waals surface area contributed by atoms with Gasteiger partial charge in [0.05, 0.1) is 5.56 Å². The summed E-state index contributed by atoms with van der Waals surface area (Å²) >= 11 is 3.36. The normalized spacial score (nSPS) is 10.8. The van der Waals surface area contributed by atoms with E-state index in [0.717, 1.165) is 10.0 Å². The van der Waals surface area contributed by atoms with Crippen molar-refractivity contribution in [1.82, 2.24) is 14.8 Å². The van der Waals surface area contributed by atoms with Crippen molar-refractivity contribution in [3.63, 3.8) is 0 Å². The Kier molecular flexibility index (Phi) is 3.47. The van der Waals surface area contributed by atoms with Crippen molar-refractivity contribution >= 4 is 21.7 Å². The molecule has 2 N–H and O–H groups in total. The molecule has 0 aliphatic heterocycles. The number of nitrogens with zero attached hydrogens (tertiary/aromatic N) is 3. The Morgan fingerprint density at radius 2 is 1.90 bits per heavy atom. The highest BCUT2D eigenvalue weighted by Crippen LogP contribution is 2.37. The lowest BCUT2D eigenvalue weighted by atomic mass is 10.0. The molecule has 0 bridgehead atoms. The van der Waals surface area contributed by atoms with Gasteiger partial charge in [-0.2, -0.15) is 5.10 Å². The van der Waals surface area contributed by atoms with E-state index in [1.165, 1.54) is 6.07 Å². The van der Waals surface area contributed by atoms with Crippen molar-refractivity contribution in [1.29, 1.82) is 0 Å². The van der Waals surface area contributed by atoms with Crippen LogP contribution in [0.5, 0.6) is 0 Å². The van der Waals surface area contributed by atoms with E-state index in [2.05, 4.69) is 26.0 Å². The van der Waals surface area contributed by atoms with Gasteiger partial charge in [0.15, 0.2) is 0 Å². The molecule has 0 amide bonds. The maximum absolute atomic E-state index is 14.2. The van der Waals surface area contributed by atoms with Gasteiger partial charge in [-0.3, -0.25) is 9.67 Å². The average Bonchev–Trinajstić information content (AvgIpc) is 2.78. The number of aryl methyl sites for hydroxylation is 1. The average molecular weight is 347 g/mol. The van der Waals surface area contributed by atoms with Crippen LogP contribution in [0.4, 0.5) is 10.2 Å². The largest absolute Gasteiger partial charge is 0.383 e. The Bertz CT molecular complexity index is 799. The number of rotatable bonds is 2. The van der Waals surface area contributed by atoms with E-state index in [1.54, 1.807) is 36.3 Å². The van der Waals surface area contributed by atoms with Gasteiger partial charge in [0.1, 0.15) is 17.3 Å². The van der Waals surface area contributed by atoms with Gasteiger partial charge in [-0.05, 0) is 35.9 Å². The summed E-state index contributed by atoms with van der Waals surface area (Å²) < 4.78 is 16.5. The van der Waals surface area contributed by atoms with E-state index in [0.29, 0.717) is 22.6 Å². The molecule has 0 unspecified atom stereocenters. The van der Waals surface area contributed by atoms with E-state index < -0.39 is 0 Å². The number of anilines is 1. The van der Waals surface area contributed by atoms with Gasteiger partial charge >= 0.3 is 0 Å². The van der Waals surface area contributed by atoms with E-state index in [-0.39, 0.29) is 5.82 Å². The first kappa shape index (κ1) is 13.8. The molecule has 0 aliphatic carbocycles. The third kappa shape index (κ3) is 2.42. The van der Waals surface area contributed by atoms with Gasteiger partial charge in [-0.1, -0.05) is 15.9 Å². The van der Waals surface area contributed by atoms with Gasteiger partial charge < -0.3 is 5.73 Å². The maximum Gasteiger partial charge on any atom is 0.132 e. The van der Waals surface area contributed by atoms with Gasteiger partial charge in [0, 0.05) is 29.5 Å². The zero-order chi connectivity index (χ0) is 15.0. The molecule has 0 saturated carbocycles. The first-order chi connectivity index (χ1) is 10.1. The summed E-state index contributed by atoms with van der Waals surface area (Å²) in [5.41, 5.74) is 8.58. The van der Waals surface area contributed by atoms with Crippen LogP contribution >= 0.6 is 15.9 Å². The number of hydrogen-bond acceptors (Lipinski definition) is 3. The lowest BCUT2D eigenvalue weighted by Gasteiger charge is -2.05. The fraction of sp³-hybridized carbons (Fsp3) is 0.0667. The summed E-state index contributed by atoms with van der Waals surface area (Å²) in [6.45, 7) is 0. The number of pyridine rings is 1. The first-order valence-electron chi connectivity index (χ1n) is 6.26. The second kappa shape index (κ2) is 5.29. The van der Waals surface area contributed by atoms with Crippen molar-refractivity contribution in [2.75, 3.05) is 5.73 Å². The Hall–Kier alpha value is -2.21. The summed E-state index contributed by atoms with van der Waals surface area (Å²) in [6.07, 6.45) is 3.34. The van der Waals surface area contributed by atoms with Crippen LogP contribution in [0.2, 0.25) is 0 Å². The van der Waals surface area contributed by atoms with Crippen molar-refractivity contribution in [3.05, 3.63) is 53.0 Å². The quantitative estimate of drug-likeness (QED) is 0.770. The Labute approximate surface area is 129 Å². The molecular weight excluding hydrogens is 335 g/mol. The van der Waals surface area contributed by atoms with Gasteiger partial charge in [-0.15, -0.1) is 0 Å². The SMILES string of the molecule is Cn1nc(-c2cc(Br)ccc2F)c(-c2ccncc2)c1N. The number of nitrogens with two attached hydrogens (primary N) is 1. The fourth-order valence-corrected chi connectivity index (χ4v) is 2.57. The molecule has 21 heavy (non-hydrogen) atoms. The molecule has 0 atom stereocenters. The van der Waals surface area contributed by atoms with Crippen molar-refractivity contribution < 1.29 is 4.39 Å². The lowest BCUT2D eigenvalue weighted by molar-refractivity contribution is 0.629. The standard InChI is InChI=1S/C15H12BrFN4/c1-21-15(18)13(9-4-6-19-7-5-9)14(20-21)11-8-10(16)2-3-12(11)17/h2-8H,18H2,1H3. The highest BCUT2D eigenvalue weighted by molar-refractivity contribution is 9.10. The number of halogens is 2. The molecule has 106 valence electrons.